The molecular weight excluding hydrogens is 625 g/mol. The monoisotopic (exact) mass is 661 g/mol. The van der Waals surface area contributed by atoms with E-state index in [1.54, 1.807) is 18.2 Å². The molecule has 0 spiro atoms. The van der Waals surface area contributed by atoms with E-state index in [2.05, 4.69) is 38.1 Å². The third kappa shape index (κ3) is 7.51. The Morgan fingerprint density at radius 3 is 2.40 bits per heavy atom. The number of alkyl carbamates (subject to hydrolysis) is 1. The first-order chi connectivity index (χ1) is 18.9. The molecule has 1 saturated carbocycles. The average Bonchev–Trinajstić information content (AvgIpc) is 3.28. The van der Waals surface area contributed by atoms with Crippen LogP contribution in [0.25, 0.3) is 10.9 Å². The number of ether oxygens (including phenoxy) is 1. The van der Waals surface area contributed by atoms with E-state index >= 15 is 0 Å². The Balaban J connectivity index is 1.48. The minimum Gasteiger partial charge on any atom is -0.444 e. The zero-order valence-corrected chi connectivity index (χ0v) is 25.1. The highest BCUT2D eigenvalue weighted by Crippen LogP contribution is 2.32. The van der Waals surface area contributed by atoms with E-state index in [0.717, 1.165) is 22.0 Å². The van der Waals surface area contributed by atoms with Crippen LogP contribution in [0.5, 0.6) is 0 Å². The van der Waals surface area contributed by atoms with Crippen molar-refractivity contribution in [1.29, 1.82) is 0 Å². The number of fused-ring (bicyclic) bond motifs is 1. The van der Waals surface area contributed by atoms with Gasteiger partial charge in [-0.2, -0.15) is 0 Å². The largest absolute Gasteiger partial charge is 0.444 e. The van der Waals surface area contributed by atoms with E-state index in [1.165, 1.54) is 4.90 Å². The second kappa shape index (κ2) is 12.5. The molecule has 1 heterocycles. The van der Waals surface area contributed by atoms with Crippen molar-refractivity contribution in [3.8, 4) is 0 Å². The first-order valence-electron chi connectivity index (χ1n) is 13.5. The number of hydrogen-bond donors (Lipinski definition) is 4. The lowest BCUT2D eigenvalue weighted by molar-refractivity contribution is -0.130. The number of nitrogens with zero attached hydrogens (tertiary/aromatic N) is 1. The number of nitrogens with one attached hydrogen (secondary N) is 3. The predicted octanol–water partition coefficient (Wildman–Crippen LogP) is 4.22. The fourth-order valence-electron chi connectivity index (χ4n) is 4.99. The van der Waals surface area contributed by atoms with Gasteiger partial charge in [-0.15, -0.1) is 0 Å². The summed E-state index contributed by atoms with van der Waals surface area (Å²) in [4.78, 5) is 52.9. The number of halogens is 1. The van der Waals surface area contributed by atoms with Gasteiger partial charge in [-0.25, -0.2) is 9.69 Å². The van der Waals surface area contributed by atoms with Gasteiger partial charge < -0.3 is 15.8 Å². The predicted molar refractivity (Wildman–Crippen MR) is 162 cm³/mol. The molecule has 3 aromatic rings. The van der Waals surface area contributed by atoms with Crippen LogP contribution in [0.1, 0.15) is 52.0 Å². The number of anilines is 1. The van der Waals surface area contributed by atoms with Crippen LogP contribution in [-0.4, -0.2) is 46.3 Å². The van der Waals surface area contributed by atoms with Crippen LogP contribution in [0.2, 0.25) is 0 Å². The summed E-state index contributed by atoms with van der Waals surface area (Å²) in [5.41, 5.74) is 7.30. The molecule has 4 rings (SSSR count). The van der Waals surface area contributed by atoms with Crippen LogP contribution in [-0.2, 0) is 20.7 Å². The molecule has 0 unspecified atom stereocenters. The van der Waals surface area contributed by atoms with Crippen LogP contribution < -0.4 is 21.5 Å². The van der Waals surface area contributed by atoms with Crippen molar-refractivity contribution in [2.24, 2.45) is 17.6 Å². The summed E-state index contributed by atoms with van der Waals surface area (Å²) in [7, 11) is 0. The van der Waals surface area contributed by atoms with Crippen molar-refractivity contribution in [3.63, 3.8) is 0 Å². The molecule has 1 fully saturated rings. The summed E-state index contributed by atoms with van der Waals surface area (Å²) < 4.78 is 6.39. The summed E-state index contributed by atoms with van der Waals surface area (Å²) in [6.07, 6.45) is 2.45. The van der Waals surface area contributed by atoms with Crippen LogP contribution >= 0.6 is 22.6 Å². The Morgan fingerprint density at radius 2 is 1.75 bits per heavy atom. The smallest absolute Gasteiger partial charge is 0.407 e. The number of benzene rings is 2. The molecule has 2 aromatic carbocycles. The molecular formula is C29H36IN5O5. The van der Waals surface area contributed by atoms with Crippen molar-refractivity contribution in [2.75, 3.05) is 11.4 Å². The Labute approximate surface area is 246 Å². The molecule has 1 atom stereocenters. The van der Waals surface area contributed by atoms with Crippen LogP contribution in [0.4, 0.5) is 10.5 Å². The fourth-order valence-corrected chi connectivity index (χ4v) is 5.35. The third-order valence-corrected chi connectivity index (χ3v) is 7.79. The fraction of sp³-hybridized carbons (Fsp3) is 0.448. The van der Waals surface area contributed by atoms with Gasteiger partial charge in [-0.05, 0) is 117 Å². The molecule has 0 aliphatic heterocycles. The molecule has 1 aliphatic carbocycles. The molecule has 0 bridgehead atoms. The highest BCUT2D eigenvalue weighted by Gasteiger charge is 2.35. The van der Waals surface area contributed by atoms with Gasteiger partial charge in [0, 0.05) is 16.0 Å². The van der Waals surface area contributed by atoms with E-state index in [-0.39, 0.29) is 29.7 Å². The van der Waals surface area contributed by atoms with Crippen LogP contribution in [0, 0.1) is 15.4 Å². The number of aromatic amines is 2. The lowest BCUT2D eigenvalue weighted by Crippen LogP contribution is -2.50. The van der Waals surface area contributed by atoms with E-state index < -0.39 is 23.6 Å². The summed E-state index contributed by atoms with van der Waals surface area (Å²) in [5.74, 6) is -0.952. The van der Waals surface area contributed by atoms with Gasteiger partial charge in [0.15, 0.2) is 0 Å². The average molecular weight is 662 g/mol. The molecule has 0 saturated heterocycles. The number of aromatic nitrogens is 2. The number of carbonyl (C=O) groups excluding carboxylic acids is 3. The van der Waals surface area contributed by atoms with Gasteiger partial charge in [0.25, 0.3) is 11.5 Å². The van der Waals surface area contributed by atoms with E-state index in [9.17, 15) is 19.2 Å². The molecule has 1 aliphatic rings. The topological polar surface area (TPSA) is 150 Å². The quantitative estimate of drug-likeness (QED) is 0.279. The molecule has 40 heavy (non-hydrogen) atoms. The first-order valence-corrected chi connectivity index (χ1v) is 14.5. The third-order valence-electron chi connectivity index (χ3n) is 7.07. The maximum absolute atomic E-state index is 13.9. The molecule has 3 amide bonds. The summed E-state index contributed by atoms with van der Waals surface area (Å²) in [6, 6.07) is 11.6. The highest BCUT2D eigenvalue weighted by molar-refractivity contribution is 14.1. The van der Waals surface area contributed by atoms with Crippen molar-refractivity contribution >= 4 is 57.1 Å². The van der Waals surface area contributed by atoms with Gasteiger partial charge in [-0.1, -0.05) is 12.1 Å². The number of imide groups is 1. The lowest BCUT2D eigenvalue weighted by Gasteiger charge is -2.32. The van der Waals surface area contributed by atoms with E-state index in [0.29, 0.717) is 36.0 Å². The van der Waals surface area contributed by atoms with Crippen molar-refractivity contribution in [2.45, 2.75) is 64.5 Å². The van der Waals surface area contributed by atoms with Crippen molar-refractivity contribution in [1.82, 2.24) is 15.5 Å². The van der Waals surface area contributed by atoms with Gasteiger partial charge in [-0.3, -0.25) is 24.6 Å². The zero-order chi connectivity index (χ0) is 29.0. The summed E-state index contributed by atoms with van der Waals surface area (Å²) in [5, 5.41) is 8.58. The number of nitrogens with two attached hydrogens (primary N) is 1. The van der Waals surface area contributed by atoms with E-state index in [4.69, 9.17) is 10.5 Å². The standard InChI is InChI=1S/C29H36IN5O5/c1-29(2,3)40-28(39)32-16-18-4-8-19(9-5-18)26(37)35(21-12-13-22-24(15-21)33-34-25(22)36)27(38)23(31)14-17-6-10-20(30)11-7-17/h6-7,10-13,15,18-19,23H,4-5,8-9,14,16,31H2,1-3H3,(H,32,39)(H2,33,34,36)/t18-,19-,23-/m0/s1. The number of amides is 3. The Bertz CT molecular complexity index is 1420. The lowest BCUT2D eigenvalue weighted by atomic mass is 9.81. The normalized spacial score (nSPS) is 18.2. The number of rotatable bonds is 7. The number of carbonyl (C=O) groups is 3. The first kappa shape index (κ1) is 29.8. The maximum atomic E-state index is 13.9. The van der Waals surface area contributed by atoms with Crippen molar-refractivity contribution in [3.05, 3.63) is 62.0 Å². The second-order valence-electron chi connectivity index (χ2n) is 11.4. The Morgan fingerprint density at radius 1 is 1.07 bits per heavy atom. The number of hydrogen-bond acceptors (Lipinski definition) is 6. The molecule has 11 heteroatoms. The summed E-state index contributed by atoms with van der Waals surface area (Å²) >= 11 is 2.21. The minimum absolute atomic E-state index is 0.213. The number of H-pyrrole nitrogens is 2. The zero-order valence-electron chi connectivity index (χ0n) is 23.0. The molecule has 10 nitrogen and oxygen atoms in total. The molecule has 1 aromatic heterocycles. The second-order valence-corrected chi connectivity index (χ2v) is 12.6. The van der Waals surface area contributed by atoms with Gasteiger partial charge >= 0.3 is 6.09 Å². The van der Waals surface area contributed by atoms with Crippen LogP contribution in [0.3, 0.4) is 0 Å². The summed E-state index contributed by atoms with van der Waals surface area (Å²) in [6.45, 7) is 5.91. The Hall–Kier alpha value is -3.19. The molecule has 5 N–H and O–H groups in total. The minimum atomic E-state index is -0.931. The van der Waals surface area contributed by atoms with E-state index in [1.807, 2.05) is 45.0 Å². The van der Waals surface area contributed by atoms with Gasteiger partial charge in [0.2, 0.25) is 5.91 Å². The molecule has 0 radical (unpaired) electrons. The van der Waals surface area contributed by atoms with Gasteiger partial charge in [0.1, 0.15) is 5.60 Å². The highest BCUT2D eigenvalue weighted by atomic mass is 127. The molecule has 214 valence electrons. The van der Waals surface area contributed by atoms with Gasteiger partial charge in [0.05, 0.1) is 22.6 Å². The van der Waals surface area contributed by atoms with Crippen molar-refractivity contribution < 1.29 is 19.1 Å². The maximum Gasteiger partial charge on any atom is 0.407 e. The Kier molecular flexibility index (Phi) is 9.34. The SMILES string of the molecule is CC(C)(C)OC(=O)NC[C@H]1CC[C@H](C(=O)N(C(=O)[C@@H](N)Cc2ccc(I)cc2)c2ccc3c(=O)[nH][nH]c3c2)CC1. The van der Waals surface area contributed by atoms with Crippen LogP contribution in [0.15, 0.2) is 47.3 Å².